The molecule has 3 heterocycles. The van der Waals surface area contributed by atoms with E-state index in [2.05, 4.69) is 32.2 Å². The third-order valence-corrected chi connectivity index (χ3v) is 4.15. The van der Waals surface area contributed by atoms with E-state index in [0.717, 1.165) is 36.5 Å². The summed E-state index contributed by atoms with van der Waals surface area (Å²) in [5.74, 6) is 0.970. The van der Waals surface area contributed by atoms with Crippen LogP contribution in [0.4, 0.5) is 0 Å². The third-order valence-electron chi connectivity index (χ3n) is 4.15. The maximum absolute atomic E-state index is 12.1. The SMILES string of the molecule is Cc1ncc(CNC(=O)c2coc(C)n2)c([C@H]2CCCN2C)n1. The van der Waals surface area contributed by atoms with Crippen molar-refractivity contribution >= 4 is 5.91 Å². The summed E-state index contributed by atoms with van der Waals surface area (Å²) in [6, 6.07) is 0.290. The molecular weight excluding hydrogens is 294 g/mol. The van der Waals surface area contributed by atoms with Crippen LogP contribution in [0.15, 0.2) is 16.9 Å². The third kappa shape index (κ3) is 3.39. The Morgan fingerprint density at radius 1 is 1.43 bits per heavy atom. The molecule has 1 amide bonds. The fourth-order valence-corrected chi connectivity index (χ4v) is 2.93. The Kier molecular flexibility index (Phi) is 4.38. The van der Waals surface area contributed by atoms with Crippen LogP contribution in [-0.2, 0) is 6.54 Å². The number of hydrogen-bond donors (Lipinski definition) is 1. The molecule has 0 radical (unpaired) electrons. The van der Waals surface area contributed by atoms with Crippen LogP contribution in [0.25, 0.3) is 0 Å². The lowest BCUT2D eigenvalue weighted by Gasteiger charge is -2.21. The van der Waals surface area contributed by atoms with Crippen molar-refractivity contribution in [2.45, 2.75) is 39.3 Å². The maximum atomic E-state index is 12.1. The van der Waals surface area contributed by atoms with E-state index in [1.165, 1.54) is 6.26 Å². The summed E-state index contributed by atoms with van der Waals surface area (Å²) in [6.07, 6.45) is 5.41. The quantitative estimate of drug-likeness (QED) is 0.926. The van der Waals surface area contributed by atoms with Crippen LogP contribution in [0.1, 0.15) is 52.3 Å². The Morgan fingerprint density at radius 2 is 2.26 bits per heavy atom. The van der Waals surface area contributed by atoms with Crippen LogP contribution in [0.2, 0.25) is 0 Å². The molecule has 2 aromatic heterocycles. The van der Waals surface area contributed by atoms with E-state index in [4.69, 9.17) is 4.42 Å². The molecule has 1 N–H and O–H groups in total. The van der Waals surface area contributed by atoms with Gasteiger partial charge in [-0.15, -0.1) is 0 Å². The van der Waals surface area contributed by atoms with E-state index in [1.54, 1.807) is 13.1 Å². The van der Waals surface area contributed by atoms with Crippen molar-refractivity contribution in [2.75, 3.05) is 13.6 Å². The molecule has 1 saturated heterocycles. The van der Waals surface area contributed by atoms with Gasteiger partial charge in [0.1, 0.15) is 12.1 Å². The van der Waals surface area contributed by atoms with Gasteiger partial charge in [-0.1, -0.05) is 0 Å². The van der Waals surface area contributed by atoms with Gasteiger partial charge in [-0.2, -0.15) is 0 Å². The molecule has 23 heavy (non-hydrogen) atoms. The summed E-state index contributed by atoms with van der Waals surface area (Å²) in [7, 11) is 2.11. The van der Waals surface area contributed by atoms with Crippen molar-refractivity contribution in [2.24, 2.45) is 0 Å². The second kappa shape index (κ2) is 6.45. The minimum atomic E-state index is -0.256. The molecule has 0 spiro atoms. The predicted molar refractivity (Wildman–Crippen MR) is 83.8 cm³/mol. The number of hydrogen-bond acceptors (Lipinski definition) is 6. The van der Waals surface area contributed by atoms with Crippen LogP contribution in [0.3, 0.4) is 0 Å². The monoisotopic (exact) mass is 315 g/mol. The first kappa shape index (κ1) is 15.6. The molecule has 0 unspecified atom stereocenters. The topological polar surface area (TPSA) is 84.2 Å². The fraction of sp³-hybridized carbons (Fsp3) is 0.500. The van der Waals surface area contributed by atoms with Crippen molar-refractivity contribution in [1.29, 1.82) is 0 Å². The number of amides is 1. The molecule has 3 rings (SSSR count). The highest BCUT2D eigenvalue weighted by Gasteiger charge is 2.26. The normalized spacial score (nSPS) is 18.3. The van der Waals surface area contributed by atoms with Gasteiger partial charge >= 0.3 is 0 Å². The number of rotatable bonds is 4. The summed E-state index contributed by atoms with van der Waals surface area (Å²) in [5, 5.41) is 2.87. The molecule has 2 aromatic rings. The summed E-state index contributed by atoms with van der Waals surface area (Å²) >= 11 is 0. The van der Waals surface area contributed by atoms with Gasteiger partial charge in [-0.3, -0.25) is 9.69 Å². The van der Waals surface area contributed by atoms with Crippen LogP contribution >= 0.6 is 0 Å². The number of nitrogens with zero attached hydrogens (tertiary/aromatic N) is 4. The highest BCUT2D eigenvalue weighted by molar-refractivity contribution is 5.91. The minimum absolute atomic E-state index is 0.256. The Bertz CT molecular complexity index is 712. The predicted octanol–water partition coefficient (Wildman–Crippen LogP) is 1.78. The first-order valence-electron chi connectivity index (χ1n) is 7.77. The molecular formula is C16H21N5O2. The van der Waals surface area contributed by atoms with Crippen molar-refractivity contribution in [3.63, 3.8) is 0 Å². The van der Waals surface area contributed by atoms with Gasteiger partial charge in [0.25, 0.3) is 5.91 Å². The van der Waals surface area contributed by atoms with Crippen molar-refractivity contribution in [3.8, 4) is 0 Å². The second-order valence-corrected chi connectivity index (χ2v) is 5.90. The highest BCUT2D eigenvalue weighted by Crippen LogP contribution is 2.31. The highest BCUT2D eigenvalue weighted by atomic mass is 16.3. The summed E-state index contributed by atoms with van der Waals surface area (Å²) in [6.45, 7) is 5.04. The molecule has 1 aliphatic heterocycles. The number of likely N-dealkylation sites (tertiary alicyclic amines) is 1. The first-order valence-corrected chi connectivity index (χ1v) is 7.77. The zero-order chi connectivity index (χ0) is 16.4. The van der Waals surface area contributed by atoms with Crippen LogP contribution in [-0.4, -0.2) is 39.4 Å². The molecule has 122 valence electrons. The average Bonchev–Trinajstić information content (AvgIpc) is 3.14. The molecule has 7 nitrogen and oxygen atoms in total. The number of carbonyl (C=O) groups is 1. The van der Waals surface area contributed by atoms with Crippen molar-refractivity contribution in [3.05, 3.63) is 41.1 Å². The lowest BCUT2D eigenvalue weighted by Crippen LogP contribution is -2.26. The fourth-order valence-electron chi connectivity index (χ4n) is 2.93. The number of oxazole rings is 1. The van der Waals surface area contributed by atoms with E-state index in [0.29, 0.717) is 12.4 Å². The lowest BCUT2D eigenvalue weighted by molar-refractivity contribution is 0.0945. The number of nitrogens with one attached hydrogen (secondary N) is 1. The van der Waals surface area contributed by atoms with Gasteiger partial charge in [0.05, 0.1) is 11.7 Å². The van der Waals surface area contributed by atoms with E-state index in [1.807, 2.05) is 6.92 Å². The molecule has 0 aromatic carbocycles. The van der Waals surface area contributed by atoms with E-state index >= 15 is 0 Å². The lowest BCUT2D eigenvalue weighted by atomic mass is 10.1. The Balaban J connectivity index is 1.76. The number of aryl methyl sites for hydroxylation is 2. The van der Waals surface area contributed by atoms with E-state index < -0.39 is 0 Å². The Labute approximate surface area is 135 Å². The number of carbonyl (C=O) groups excluding carboxylic acids is 1. The van der Waals surface area contributed by atoms with Gasteiger partial charge in [-0.05, 0) is 33.4 Å². The van der Waals surface area contributed by atoms with Gasteiger partial charge in [0.2, 0.25) is 0 Å². The van der Waals surface area contributed by atoms with E-state index in [-0.39, 0.29) is 17.6 Å². The molecule has 1 atom stereocenters. The Hall–Kier alpha value is -2.28. The summed E-state index contributed by atoms with van der Waals surface area (Å²) in [4.78, 5) is 27.3. The largest absolute Gasteiger partial charge is 0.448 e. The van der Waals surface area contributed by atoms with Crippen molar-refractivity contribution in [1.82, 2.24) is 25.2 Å². The van der Waals surface area contributed by atoms with Crippen LogP contribution < -0.4 is 5.32 Å². The summed E-state index contributed by atoms with van der Waals surface area (Å²) < 4.78 is 5.07. The zero-order valence-corrected chi connectivity index (χ0v) is 13.7. The molecule has 0 saturated carbocycles. The average molecular weight is 315 g/mol. The Morgan fingerprint density at radius 3 is 2.91 bits per heavy atom. The number of aromatic nitrogens is 3. The van der Waals surface area contributed by atoms with Gasteiger partial charge in [0.15, 0.2) is 11.6 Å². The second-order valence-electron chi connectivity index (χ2n) is 5.90. The van der Waals surface area contributed by atoms with Crippen molar-refractivity contribution < 1.29 is 9.21 Å². The van der Waals surface area contributed by atoms with Crippen LogP contribution in [0.5, 0.6) is 0 Å². The van der Waals surface area contributed by atoms with Gasteiger partial charge < -0.3 is 9.73 Å². The first-order chi connectivity index (χ1) is 11.0. The standard InChI is InChI=1S/C16H21N5O2/c1-10-17-7-12(15(19-10)14-5-4-6-21(14)3)8-18-16(22)13-9-23-11(2)20-13/h7,9,14H,4-6,8H2,1-3H3,(H,18,22)/t14-/m1/s1. The molecule has 1 fully saturated rings. The molecule has 7 heteroatoms. The zero-order valence-electron chi connectivity index (χ0n) is 13.7. The summed E-state index contributed by atoms with van der Waals surface area (Å²) in [5.41, 5.74) is 2.24. The smallest absolute Gasteiger partial charge is 0.273 e. The molecule has 1 aliphatic rings. The molecule has 0 aliphatic carbocycles. The van der Waals surface area contributed by atoms with E-state index in [9.17, 15) is 4.79 Å². The van der Waals surface area contributed by atoms with Gasteiger partial charge in [-0.25, -0.2) is 15.0 Å². The van der Waals surface area contributed by atoms with Crippen LogP contribution in [0, 0.1) is 13.8 Å². The van der Waals surface area contributed by atoms with Gasteiger partial charge in [0, 0.05) is 25.2 Å². The minimum Gasteiger partial charge on any atom is -0.448 e. The maximum Gasteiger partial charge on any atom is 0.273 e. The molecule has 0 bridgehead atoms.